The zero-order valence-electron chi connectivity index (χ0n) is 9.84. The van der Waals surface area contributed by atoms with Crippen LogP contribution in [0, 0.1) is 0 Å². The Hall–Kier alpha value is -2.24. The molecule has 0 amide bonds. The van der Waals surface area contributed by atoms with Gasteiger partial charge in [0.2, 0.25) is 0 Å². The topological polar surface area (TPSA) is 57.0 Å². The van der Waals surface area contributed by atoms with Crippen LogP contribution in [-0.4, -0.2) is 34.0 Å². The number of alkyl halides is 1. The molecule has 0 aromatic carbocycles. The van der Waals surface area contributed by atoms with Crippen LogP contribution in [0.5, 0.6) is 0 Å². The molecule has 0 unspecified atom stereocenters. The van der Waals surface area contributed by atoms with Gasteiger partial charge in [0.1, 0.15) is 19.0 Å². The molecule has 0 N–H and O–H groups in total. The molecule has 0 spiro atoms. The highest BCUT2D eigenvalue weighted by atomic mass is 19.1. The predicted molar refractivity (Wildman–Crippen MR) is 62.7 cm³/mol. The van der Waals surface area contributed by atoms with Gasteiger partial charge in [-0.05, 0) is 18.2 Å². The average molecular weight is 249 g/mol. The second kappa shape index (κ2) is 5.39. The maximum atomic E-state index is 11.9. The molecule has 0 radical (unpaired) electrons. The van der Waals surface area contributed by atoms with E-state index in [4.69, 9.17) is 4.74 Å². The first-order chi connectivity index (χ1) is 8.70. The van der Waals surface area contributed by atoms with Gasteiger partial charge in [-0.15, -0.1) is 0 Å². The summed E-state index contributed by atoms with van der Waals surface area (Å²) in [6, 6.07) is 4.88. The second-order valence-corrected chi connectivity index (χ2v) is 3.63. The van der Waals surface area contributed by atoms with Gasteiger partial charge in [0.15, 0.2) is 0 Å². The van der Waals surface area contributed by atoms with E-state index < -0.39 is 12.6 Å². The van der Waals surface area contributed by atoms with E-state index >= 15 is 0 Å². The standard InChI is InChI=1S/C12H12FN3O2/c1-16-6-3-10(15-16)11-8-9(2-5-14-11)12(17)18-7-4-13/h2-3,5-6,8H,4,7H2,1H3. The number of hydrogen-bond donors (Lipinski definition) is 0. The van der Waals surface area contributed by atoms with Crippen LogP contribution in [0.15, 0.2) is 30.6 Å². The predicted octanol–water partition coefficient (Wildman–Crippen LogP) is 1.61. The van der Waals surface area contributed by atoms with Crippen LogP contribution in [-0.2, 0) is 11.8 Å². The van der Waals surface area contributed by atoms with E-state index in [1.54, 1.807) is 30.1 Å². The summed E-state index contributed by atoms with van der Waals surface area (Å²) in [5.41, 5.74) is 1.57. The molecular weight excluding hydrogens is 237 g/mol. The molecule has 5 nitrogen and oxygen atoms in total. The molecule has 2 aromatic rings. The number of esters is 1. The summed E-state index contributed by atoms with van der Waals surface area (Å²) in [4.78, 5) is 15.7. The highest BCUT2D eigenvalue weighted by Crippen LogP contribution is 2.15. The van der Waals surface area contributed by atoms with Crippen LogP contribution in [0.2, 0.25) is 0 Å². The molecular formula is C12H12FN3O2. The van der Waals surface area contributed by atoms with Gasteiger partial charge in [0.25, 0.3) is 0 Å². The summed E-state index contributed by atoms with van der Waals surface area (Å²) < 4.78 is 18.3. The average Bonchev–Trinajstić information content (AvgIpc) is 2.83. The van der Waals surface area contributed by atoms with Crippen molar-refractivity contribution in [3.05, 3.63) is 36.2 Å². The van der Waals surface area contributed by atoms with Gasteiger partial charge in [-0.25, -0.2) is 9.18 Å². The lowest BCUT2D eigenvalue weighted by Crippen LogP contribution is -2.07. The van der Waals surface area contributed by atoms with E-state index in [-0.39, 0.29) is 6.61 Å². The quantitative estimate of drug-likeness (QED) is 0.772. The van der Waals surface area contributed by atoms with E-state index in [1.807, 2.05) is 0 Å². The molecule has 94 valence electrons. The number of nitrogens with zero attached hydrogens (tertiary/aromatic N) is 3. The Kier molecular flexibility index (Phi) is 3.66. The third-order valence-corrected chi connectivity index (χ3v) is 2.28. The van der Waals surface area contributed by atoms with Crippen molar-refractivity contribution >= 4 is 5.97 Å². The van der Waals surface area contributed by atoms with Crippen molar-refractivity contribution in [3.8, 4) is 11.4 Å². The smallest absolute Gasteiger partial charge is 0.338 e. The van der Waals surface area contributed by atoms with Gasteiger partial charge < -0.3 is 4.74 Å². The molecule has 0 aliphatic heterocycles. The molecule has 6 heteroatoms. The molecule has 0 saturated heterocycles. The van der Waals surface area contributed by atoms with Crippen molar-refractivity contribution in [1.29, 1.82) is 0 Å². The summed E-state index contributed by atoms with van der Waals surface area (Å²) in [6.07, 6.45) is 3.28. The SMILES string of the molecule is Cn1ccc(-c2cc(C(=O)OCCF)ccn2)n1. The minimum absolute atomic E-state index is 0.236. The lowest BCUT2D eigenvalue weighted by Gasteiger charge is -2.03. The maximum Gasteiger partial charge on any atom is 0.338 e. The monoisotopic (exact) mass is 249 g/mol. The second-order valence-electron chi connectivity index (χ2n) is 3.63. The van der Waals surface area contributed by atoms with Gasteiger partial charge >= 0.3 is 5.97 Å². The molecule has 0 fully saturated rings. The number of ether oxygens (including phenoxy) is 1. The number of carbonyl (C=O) groups excluding carboxylic acids is 1. The summed E-state index contributed by atoms with van der Waals surface area (Å²) in [5.74, 6) is -0.563. The maximum absolute atomic E-state index is 11.9. The largest absolute Gasteiger partial charge is 0.459 e. The lowest BCUT2D eigenvalue weighted by atomic mass is 10.2. The molecule has 18 heavy (non-hydrogen) atoms. The van der Waals surface area contributed by atoms with Gasteiger partial charge in [0, 0.05) is 19.4 Å². The van der Waals surface area contributed by atoms with Gasteiger partial charge in [0.05, 0.1) is 11.3 Å². The molecule has 0 aliphatic rings. The summed E-state index contributed by atoms with van der Waals surface area (Å²) in [6.45, 7) is -0.927. The molecule has 0 saturated carbocycles. The van der Waals surface area contributed by atoms with E-state index in [0.29, 0.717) is 17.0 Å². The summed E-state index contributed by atoms with van der Waals surface area (Å²) >= 11 is 0. The Morgan fingerprint density at radius 1 is 1.44 bits per heavy atom. The van der Waals surface area contributed by atoms with Crippen molar-refractivity contribution in [3.63, 3.8) is 0 Å². The Balaban J connectivity index is 2.22. The molecule has 2 heterocycles. The van der Waals surface area contributed by atoms with Crippen molar-refractivity contribution in [2.75, 3.05) is 13.3 Å². The third kappa shape index (κ3) is 2.71. The Morgan fingerprint density at radius 2 is 2.28 bits per heavy atom. The van der Waals surface area contributed by atoms with Crippen LogP contribution in [0.4, 0.5) is 4.39 Å². The van der Waals surface area contributed by atoms with Crippen LogP contribution in [0.1, 0.15) is 10.4 Å². The number of hydrogen-bond acceptors (Lipinski definition) is 4. The zero-order valence-corrected chi connectivity index (χ0v) is 9.84. The van der Waals surface area contributed by atoms with E-state index in [1.165, 1.54) is 12.3 Å². The van der Waals surface area contributed by atoms with Crippen LogP contribution in [0.25, 0.3) is 11.4 Å². The minimum Gasteiger partial charge on any atom is -0.459 e. The number of rotatable bonds is 4. The first-order valence-corrected chi connectivity index (χ1v) is 5.40. The van der Waals surface area contributed by atoms with Crippen LogP contribution in [0.3, 0.4) is 0 Å². The van der Waals surface area contributed by atoms with Crippen molar-refractivity contribution < 1.29 is 13.9 Å². The fraction of sp³-hybridized carbons (Fsp3) is 0.250. The number of aryl methyl sites for hydroxylation is 1. The van der Waals surface area contributed by atoms with Crippen molar-refractivity contribution in [1.82, 2.24) is 14.8 Å². The van der Waals surface area contributed by atoms with E-state index in [2.05, 4.69) is 10.1 Å². The Morgan fingerprint density at radius 3 is 2.94 bits per heavy atom. The highest BCUT2D eigenvalue weighted by molar-refractivity contribution is 5.90. The van der Waals surface area contributed by atoms with E-state index in [0.717, 1.165) is 0 Å². The Labute approximate surface area is 103 Å². The normalized spacial score (nSPS) is 10.3. The summed E-state index contributed by atoms with van der Waals surface area (Å²) in [7, 11) is 1.79. The third-order valence-electron chi connectivity index (χ3n) is 2.28. The van der Waals surface area contributed by atoms with E-state index in [9.17, 15) is 9.18 Å². The molecule has 2 aromatic heterocycles. The van der Waals surface area contributed by atoms with Gasteiger partial charge in [-0.2, -0.15) is 5.10 Å². The van der Waals surface area contributed by atoms with Crippen molar-refractivity contribution in [2.45, 2.75) is 0 Å². The van der Waals surface area contributed by atoms with Gasteiger partial charge in [-0.1, -0.05) is 0 Å². The summed E-state index contributed by atoms with van der Waals surface area (Å²) in [5, 5.41) is 4.19. The molecule has 2 rings (SSSR count). The van der Waals surface area contributed by atoms with Crippen LogP contribution < -0.4 is 0 Å². The zero-order chi connectivity index (χ0) is 13.0. The lowest BCUT2D eigenvalue weighted by molar-refractivity contribution is 0.0481. The number of carbonyl (C=O) groups is 1. The number of pyridine rings is 1. The minimum atomic E-state index is -0.691. The van der Waals surface area contributed by atoms with Crippen LogP contribution >= 0.6 is 0 Å². The first-order valence-electron chi connectivity index (χ1n) is 5.40. The molecule has 0 aliphatic carbocycles. The highest BCUT2D eigenvalue weighted by Gasteiger charge is 2.10. The number of aromatic nitrogens is 3. The number of halogens is 1. The fourth-order valence-electron chi connectivity index (χ4n) is 1.46. The first kappa shape index (κ1) is 12.2. The molecule has 0 atom stereocenters. The fourth-order valence-corrected chi connectivity index (χ4v) is 1.46. The molecule has 0 bridgehead atoms. The van der Waals surface area contributed by atoms with Crippen molar-refractivity contribution in [2.24, 2.45) is 7.05 Å². The van der Waals surface area contributed by atoms with Gasteiger partial charge in [-0.3, -0.25) is 9.67 Å². The Bertz CT molecular complexity index is 554.